The summed E-state index contributed by atoms with van der Waals surface area (Å²) in [4.78, 5) is 0.0563. The Labute approximate surface area is 121 Å². The van der Waals surface area contributed by atoms with Gasteiger partial charge in [-0.1, -0.05) is 20.8 Å². The summed E-state index contributed by atoms with van der Waals surface area (Å²) in [6.45, 7) is 10.6. The van der Waals surface area contributed by atoms with E-state index in [0.717, 1.165) is 6.42 Å². The Morgan fingerprint density at radius 3 is 2.15 bits per heavy atom. The summed E-state index contributed by atoms with van der Waals surface area (Å²) < 4.78 is 22.8. The number of benzene rings is 1. The highest BCUT2D eigenvalue weighted by molar-refractivity contribution is 7.89. The van der Waals surface area contributed by atoms with Gasteiger partial charge in [0.15, 0.2) is 0 Å². The second kappa shape index (κ2) is 5.26. The summed E-state index contributed by atoms with van der Waals surface area (Å²) >= 11 is 0. The summed E-state index contributed by atoms with van der Waals surface area (Å²) in [6.07, 6.45) is 0.902. The van der Waals surface area contributed by atoms with Crippen LogP contribution in [0.3, 0.4) is 0 Å². The molecule has 6 heteroatoms. The molecule has 0 saturated carbocycles. The summed E-state index contributed by atoms with van der Waals surface area (Å²) in [6, 6.07) is 4.44. The minimum absolute atomic E-state index is 0.0563. The maximum atomic E-state index is 11.4. The summed E-state index contributed by atoms with van der Waals surface area (Å²) in [5, 5.41) is 8.46. The molecule has 0 heterocycles. The van der Waals surface area contributed by atoms with Crippen molar-refractivity contribution in [2.75, 3.05) is 11.1 Å². The second-order valence-electron chi connectivity index (χ2n) is 7.04. The molecule has 0 aliphatic carbocycles. The van der Waals surface area contributed by atoms with Crippen LogP contribution in [0.4, 0.5) is 11.4 Å². The van der Waals surface area contributed by atoms with Crippen LogP contribution in [0.25, 0.3) is 0 Å². The largest absolute Gasteiger partial charge is 0.397 e. The zero-order valence-corrected chi connectivity index (χ0v) is 13.6. The van der Waals surface area contributed by atoms with Gasteiger partial charge in [-0.2, -0.15) is 0 Å². The number of nitrogens with two attached hydrogens (primary N) is 2. The van der Waals surface area contributed by atoms with Crippen molar-refractivity contribution in [3.63, 3.8) is 0 Å². The van der Waals surface area contributed by atoms with E-state index in [4.69, 9.17) is 10.9 Å². The lowest BCUT2D eigenvalue weighted by atomic mass is 9.81. The summed E-state index contributed by atoms with van der Waals surface area (Å²) in [5.74, 6) is 0. The predicted octanol–water partition coefficient (Wildman–Crippen LogP) is 2.54. The minimum atomic E-state index is -3.73. The van der Waals surface area contributed by atoms with Gasteiger partial charge in [-0.25, -0.2) is 13.6 Å². The van der Waals surface area contributed by atoms with Crippen LogP contribution in [0.2, 0.25) is 0 Å². The number of sulfonamides is 1. The van der Waals surface area contributed by atoms with Gasteiger partial charge in [-0.3, -0.25) is 0 Å². The second-order valence-corrected chi connectivity index (χ2v) is 8.60. The predicted molar refractivity (Wildman–Crippen MR) is 84.0 cm³/mol. The van der Waals surface area contributed by atoms with Gasteiger partial charge in [0.2, 0.25) is 10.0 Å². The molecule has 0 amide bonds. The molecule has 114 valence electrons. The molecule has 5 N–H and O–H groups in total. The van der Waals surface area contributed by atoms with Crippen molar-refractivity contribution < 1.29 is 8.42 Å². The first kappa shape index (κ1) is 16.8. The molecule has 0 saturated heterocycles. The number of primary sulfonamides is 1. The fourth-order valence-electron chi connectivity index (χ4n) is 2.56. The molecule has 0 unspecified atom stereocenters. The van der Waals surface area contributed by atoms with E-state index in [1.54, 1.807) is 6.07 Å². The number of hydrogen-bond acceptors (Lipinski definition) is 4. The van der Waals surface area contributed by atoms with Crippen molar-refractivity contribution in [2.24, 2.45) is 10.6 Å². The minimum Gasteiger partial charge on any atom is -0.397 e. The standard InChI is InChI=1S/C14H25N3O2S/c1-13(2,3)9-14(4,5)17-12-8-10(20(16,18)19)6-7-11(12)15/h6-8,17H,9,15H2,1-5H3,(H2,16,18,19). The van der Waals surface area contributed by atoms with Gasteiger partial charge in [0.1, 0.15) is 0 Å². The quantitative estimate of drug-likeness (QED) is 0.744. The first-order valence-corrected chi connectivity index (χ1v) is 8.05. The number of hydrogen-bond donors (Lipinski definition) is 3. The first-order chi connectivity index (χ1) is 8.80. The third-order valence-corrected chi connectivity index (χ3v) is 3.71. The number of nitrogen functional groups attached to an aromatic ring is 1. The molecule has 1 aromatic carbocycles. The van der Waals surface area contributed by atoms with Crippen molar-refractivity contribution in [2.45, 2.75) is 51.5 Å². The molecule has 0 aliphatic rings. The van der Waals surface area contributed by atoms with Crippen LogP contribution in [0.1, 0.15) is 41.0 Å². The van der Waals surface area contributed by atoms with Gasteiger partial charge < -0.3 is 11.1 Å². The monoisotopic (exact) mass is 299 g/mol. The van der Waals surface area contributed by atoms with Gasteiger partial charge in [0.05, 0.1) is 16.3 Å². The van der Waals surface area contributed by atoms with Crippen molar-refractivity contribution in [1.82, 2.24) is 0 Å². The molecule has 0 radical (unpaired) electrons. The van der Waals surface area contributed by atoms with Crippen LogP contribution >= 0.6 is 0 Å². The topological polar surface area (TPSA) is 98.2 Å². The van der Waals surface area contributed by atoms with Crippen LogP contribution in [0.15, 0.2) is 23.1 Å². The van der Waals surface area contributed by atoms with Gasteiger partial charge in [0, 0.05) is 5.54 Å². The van der Waals surface area contributed by atoms with E-state index in [9.17, 15) is 8.42 Å². The third kappa shape index (κ3) is 5.02. The van der Waals surface area contributed by atoms with Gasteiger partial charge in [0.25, 0.3) is 0 Å². The number of anilines is 2. The highest BCUT2D eigenvalue weighted by Crippen LogP contribution is 2.32. The average molecular weight is 299 g/mol. The molecule has 20 heavy (non-hydrogen) atoms. The van der Waals surface area contributed by atoms with Crippen LogP contribution in [-0.4, -0.2) is 14.0 Å². The lowest BCUT2D eigenvalue weighted by Gasteiger charge is -2.34. The fourth-order valence-corrected chi connectivity index (χ4v) is 3.10. The van der Waals surface area contributed by atoms with E-state index >= 15 is 0 Å². The third-order valence-electron chi connectivity index (χ3n) is 2.80. The highest BCUT2D eigenvalue weighted by Gasteiger charge is 2.26. The molecular weight excluding hydrogens is 274 g/mol. The molecule has 0 aliphatic heterocycles. The van der Waals surface area contributed by atoms with E-state index in [1.165, 1.54) is 12.1 Å². The van der Waals surface area contributed by atoms with Crippen LogP contribution in [-0.2, 0) is 10.0 Å². The SMILES string of the molecule is CC(C)(C)CC(C)(C)Nc1cc(S(N)(=O)=O)ccc1N. The molecule has 0 spiro atoms. The van der Waals surface area contributed by atoms with Crippen molar-refractivity contribution in [3.8, 4) is 0 Å². The number of nitrogens with one attached hydrogen (secondary N) is 1. The van der Waals surface area contributed by atoms with Gasteiger partial charge >= 0.3 is 0 Å². The van der Waals surface area contributed by atoms with E-state index in [2.05, 4.69) is 39.9 Å². The van der Waals surface area contributed by atoms with E-state index in [-0.39, 0.29) is 15.8 Å². The number of rotatable bonds is 4. The van der Waals surface area contributed by atoms with E-state index in [1.807, 2.05) is 0 Å². The summed E-state index contributed by atoms with van der Waals surface area (Å²) in [7, 11) is -3.73. The van der Waals surface area contributed by atoms with Crippen molar-refractivity contribution in [1.29, 1.82) is 0 Å². The Bertz CT molecular complexity index is 587. The highest BCUT2D eigenvalue weighted by atomic mass is 32.2. The maximum absolute atomic E-state index is 11.4. The first-order valence-electron chi connectivity index (χ1n) is 6.51. The lowest BCUT2D eigenvalue weighted by Crippen LogP contribution is -2.35. The van der Waals surface area contributed by atoms with Crippen LogP contribution in [0.5, 0.6) is 0 Å². The Hall–Kier alpha value is -1.27. The molecule has 0 fully saturated rings. The zero-order valence-electron chi connectivity index (χ0n) is 12.8. The molecule has 1 rings (SSSR count). The van der Waals surface area contributed by atoms with Gasteiger partial charge in [-0.15, -0.1) is 0 Å². The van der Waals surface area contributed by atoms with E-state index < -0.39 is 10.0 Å². The zero-order chi connectivity index (χ0) is 15.8. The molecule has 0 atom stereocenters. The van der Waals surface area contributed by atoms with Crippen molar-refractivity contribution in [3.05, 3.63) is 18.2 Å². The Balaban J connectivity index is 3.09. The molecule has 0 bridgehead atoms. The fraction of sp³-hybridized carbons (Fsp3) is 0.571. The molecule has 0 aromatic heterocycles. The smallest absolute Gasteiger partial charge is 0.238 e. The van der Waals surface area contributed by atoms with Crippen LogP contribution in [0, 0.1) is 5.41 Å². The van der Waals surface area contributed by atoms with Gasteiger partial charge in [-0.05, 0) is 43.9 Å². The Kier molecular flexibility index (Phi) is 4.41. The Morgan fingerprint density at radius 1 is 1.15 bits per heavy atom. The lowest BCUT2D eigenvalue weighted by molar-refractivity contribution is 0.302. The molecule has 1 aromatic rings. The van der Waals surface area contributed by atoms with Crippen molar-refractivity contribution >= 4 is 21.4 Å². The van der Waals surface area contributed by atoms with Crippen LogP contribution < -0.4 is 16.2 Å². The molecular formula is C14H25N3O2S. The molecule has 5 nitrogen and oxygen atoms in total. The summed E-state index contributed by atoms with van der Waals surface area (Å²) in [5.41, 5.74) is 6.92. The van der Waals surface area contributed by atoms with E-state index in [0.29, 0.717) is 11.4 Å². The Morgan fingerprint density at radius 2 is 1.70 bits per heavy atom. The maximum Gasteiger partial charge on any atom is 0.238 e. The average Bonchev–Trinajstić information content (AvgIpc) is 2.15. The normalized spacial score (nSPS) is 13.3.